The molecule has 170 valence electrons. The van der Waals surface area contributed by atoms with Gasteiger partial charge in [-0.3, -0.25) is 4.90 Å². The maximum atomic E-state index is 12.9. The van der Waals surface area contributed by atoms with Gasteiger partial charge < -0.3 is 4.57 Å². The average Bonchev–Trinajstić information content (AvgIpc) is 3.10. The van der Waals surface area contributed by atoms with E-state index >= 15 is 0 Å². The molecule has 2 heterocycles. The van der Waals surface area contributed by atoms with Crippen molar-refractivity contribution in [2.75, 3.05) is 26.2 Å². The van der Waals surface area contributed by atoms with E-state index in [-0.39, 0.29) is 0 Å². The van der Waals surface area contributed by atoms with Crippen molar-refractivity contribution in [3.63, 3.8) is 0 Å². The average molecular weight is 472 g/mol. The summed E-state index contributed by atoms with van der Waals surface area (Å²) in [6.07, 6.45) is 1.72. The molecule has 0 atom stereocenters. The number of aromatic nitrogens is 3. The molecule has 3 aromatic rings. The molecule has 0 amide bonds. The first-order valence-electron chi connectivity index (χ1n) is 11.0. The van der Waals surface area contributed by atoms with Crippen LogP contribution in [0.5, 0.6) is 0 Å². The minimum Gasteiger partial charge on any atom is -0.304 e. The van der Waals surface area contributed by atoms with Crippen LogP contribution in [0.15, 0.2) is 65.6 Å². The van der Waals surface area contributed by atoms with Gasteiger partial charge >= 0.3 is 0 Å². The molecule has 7 nitrogen and oxygen atoms in total. The van der Waals surface area contributed by atoms with Crippen LogP contribution in [0.2, 0.25) is 0 Å². The van der Waals surface area contributed by atoms with Crippen LogP contribution in [-0.4, -0.2) is 58.1 Å². The number of sulfonamides is 1. The highest BCUT2D eigenvalue weighted by Gasteiger charge is 2.28. The molecule has 1 aromatic heterocycles. The zero-order valence-corrected chi connectivity index (χ0v) is 19.9. The highest BCUT2D eigenvalue weighted by molar-refractivity contribution is 7.89. The first kappa shape index (κ1) is 22.8. The minimum atomic E-state index is -3.45. The Kier molecular flexibility index (Phi) is 7.20. The Morgan fingerprint density at radius 1 is 0.938 bits per heavy atom. The van der Waals surface area contributed by atoms with Crippen LogP contribution in [0.4, 0.5) is 0 Å². The molecular formula is C23H29N5O2S2. The van der Waals surface area contributed by atoms with Gasteiger partial charge in [0.1, 0.15) is 5.82 Å². The van der Waals surface area contributed by atoms with Gasteiger partial charge in [0.05, 0.1) is 11.6 Å². The minimum absolute atomic E-state index is 0.347. The van der Waals surface area contributed by atoms with Crippen LogP contribution in [0.25, 0.3) is 0 Å². The fourth-order valence-electron chi connectivity index (χ4n) is 3.98. The predicted molar refractivity (Wildman–Crippen MR) is 127 cm³/mol. The van der Waals surface area contributed by atoms with E-state index in [9.17, 15) is 8.42 Å². The van der Waals surface area contributed by atoms with Gasteiger partial charge in [0.2, 0.25) is 10.0 Å². The van der Waals surface area contributed by atoms with Crippen molar-refractivity contribution in [3.8, 4) is 0 Å². The van der Waals surface area contributed by atoms with Crippen molar-refractivity contribution in [1.29, 1.82) is 0 Å². The van der Waals surface area contributed by atoms with Gasteiger partial charge in [0, 0.05) is 39.1 Å². The highest BCUT2D eigenvalue weighted by Crippen LogP contribution is 2.18. The van der Waals surface area contributed by atoms with Crippen LogP contribution < -0.4 is 0 Å². The van der Waals surface area contributed by atoms with Crippen molar-refractivity contribution in [1.82, 2.24) is 23.6 Å². The molecule has 4 rings (SSSR count). The first-order chi connectivity index (χ1) is 15.5. The number of hydrogen-bond donors (Lipinski definition) is 0. The van der Waals surface area contributed by atoms with Crippen LogP contribution in [0, 0.1) is 4.77 Å². The van der Waals surface area contributed by atoms with Crippen LogP contribution in [0.1, 0.15) is 24.7 Å². The molecule has 0 saturated carbocycles. The molecule has 1 aliphatic rings. The number of rotatable bonds is 8. The molecule has 32 heavy (non-hydrogen) atoms. The van der Waals surface area contributed by atoms with Gasteiger partial charge in [-0.15, -0.1) is 0 Å². The predicted octanol–water partition coefficient (Wildman–Crippen LogP) is 3.38. The highest BCUT2D eigenvalue weighted by atomic mass is 32.2. The first-order valence-corrected chi connectivity index (χ1v) is 12.8. The lowest BCUT2D eigenvalue weighted by atomic mass is 10.1. The molecule has 0 radical (unpaired) electrons. The second-order valence-electron chi connectivity index (χ2n) is 7.99. The molecule has 9 heteroatoms. The summed E-state index contributed by atoms with van der Waals surface area (Å²) in [4.78, 5) is 2.56. The lowest BCUT2D eigenvalue weighted by molar-refractivity contribution is 0.144. The largest absolute Gasteiger partial charge is 0.304 e. The summed E-state index contributed by atoms with van der Waals surface area (Å²) in [7, 11) is -3.45. The SMILES string of the molecule is CCCn1c(Cc2ccccc2)nn(CN2CCN(S(=O)(=O)c3ccccc3)CC2)c1=S. The van der Waals surface area contributed by atoms with Gasteiger partial charge in [-0.1, -0.05) is 55.5 Å². The summed E-state index contributed by atoms with van der Waals surface area (Å²) in [6, 6.07) is 18.9. The fraction of sp³-hybridized carbons (Fsp3) is 0.391. The standard InChI is InChI=1S/C23H29N5O2S2/c1-2-13-27-22(18-20-9-5-3-6-10-20)24-28(23(27)31)19-25-14-16-26(17-15-25)32(29,30)21-11-7-4-8-12-21/h3-12H,2,13-19H2,1H3. The van der Waals surface area contributed by atoms with Gasteiger partial charge in [-0.25, -0.2) is 13.1 Å². The van der Waals surface area contributed by atoms with E-state index in [1.165, 1.54) is 5.56 Å². The lowest BCUT2D eigenvalue weighted by Gasteiger charge is -2.33. The van der Waals surface area contributed by atoms with E-state index in [4.69, 9.17) is 17.3 Å². The zero-order valence-electron chi connectivity index (χ0n) is 18.3. The van der Waals surface area contributed by atoms with Crippen molar-refractivity contribution in [3.05, 3.63) is 76.8 Å². The maximum absolute atomic E-state index is 12.9. The third kappa shape index (κ3) is 5.01. The smallest absolute Gasteiger partial charge is 0.243 e. The molecule has 0 unspecified atom stereocenters. The quantitative estimate of drug-likeness (QED) is 0.472. The Balaban J connectivity index is 1.45. The van der Waals surface area contributed by atoms with Gasteiger partial charge in [0.25, 0.3) is 0 Å². The van der Waals surface area contributed by atoms with E-state index in [2.05, 4.69) is 28.5 Å². The van der Waals surface area contributed by atoms with Crippen LogP contribution in [-0.2, 0) is 29.7 Å². The van der Waals surface area contributed by atoms with Gasteiger partial charge in [-0.05, 0) is 36.3 Å². The second-order valence-corrected chi connectivity index (χ2v) is 10.3. The third-order valence-electron chi connectivity index (χ3n) is 5.70. The number of hydrogen-bond acceptors (Lipinski definition) is 5. The molecule has 0 aliphatic carbocycles. The molecule has 0 bridgehead atoms. The third-order valence-corrected chi connectivity index (χ3v) is 8.04. The number of piperazine rings is 1. The monoisotopic (exact) mass is 471 g/mol. The molecule has 1 saturated heterocycles. The summed E-state index contributed by atoms with van der Waals surface area (Å²) in [5.74, 6) is 0.966. The summed E-state index contributed by atoms with van der Waals surface area (Å²) >= 11 is 5.74. The Morgan fingerprint density at radius 2 is 1.56 bits per heavy atom. The topological polar surface area (TPSA) is 63.4 Å². The van der Waals surface area contributed by atoms with E-state index in [1.54, 1.807) is 28.6 Å². The van der Waals surface area contributed by atoms with Crippen molar-refractivity contribution in [2.24, 2.45) is 0 Å². The Hall–Kier alpha value is -2.33. The number of benzene rings is 2. The van der Waals surface area contributed by atoms with Crippen molar-refractivity contribution in [2.45, 2.75) is 37.9 Å². The van der Waals surface area contributed by atoms with Crippen molar-refractivity contribution >= 4 is 22.2 Å². The van der Waals surface area contributed by atoms with E-state index < -0.39 is 10.0 Å². The summed E-state index contributed by atoms with van der Waals surface area (Å²) in [5.41, 5.74) is 1.21. The maximum Gasteiger partial charge on any atom is 0.243 e. The zero-order chi connectivity index (χ0) is 22.6. The summed E-state index contributed by atoms with van der Waals surface area (Å²) in [6.45, 7) is 5.73. The molecule has 2 aromatic carbocycles. The van der Waals surface area contributed by atoms with Gasteiger partial charge in [-0.2, -0.15) is 9.40 Å². The molecule has 1 fully saturated rings. The number of nitrogens with zero attached hydrogens (tertiary/aromatic N) is 5. The van der Waals surface area contributed by atoms with E-state index in [1.807, 2.05) is 28.9 Å². The Morgan fingerprint density at radius 3 is 2.19 bits per heavy atom. The van der Waals surface area contributed by atoms with Crippen LogP contribution >= 0.6 is 12.2 Å². The summed E-state index contributed by atoms with van der Waals surface area (Å²) < 4.78 is 32.0. The summed E-state index contributed by atoms with van der Waals surface area (Å²) in [5, 5.41) is 4.84. The molecule has 0 spiro atoms. The van der Waals surface area contributed by atoms with E-state index in [0.717, 1.165) is 30.0 Å². The fourth-order valence-corrected chi connectivity index (χ4v) is 5.72. The van der Waals surface area contributed by atoms with Crippen LogP contribution in [0.3, 0.4) is 0 Å². The molecule has 1 aliphatic heterocycles. The lowest BCUT2D eigenvalue weighted by Crippen LogP contribution is -2.48. The molecule has 0 N–H and O–H groups in total. The van der Waals surface area contributed by atoms with Crippen molar-refractivity contribution < 1.29 is 8.42 Å². The Labute approximate surface area is 195 Å². The molecular weight excluding hydrogens is 442 g/mol. The second kappa shape index (κ2) is 10.1. The normalized spacial score (nSPS) is 15.8. The van der Waals surface area contributed by atoms with E-state index in [0.29, 0.717) is 37.7 Å². The van der Waals surface area contributed by atoms with Gasteiger partial charge in [0.15, 0.2) is 4.77 Å². The Bertz CT molecular complexity index is 1180.